The van der Waals surface area contributed by atoms with Crippen molar-refractivity contribution in [3.05, 3.63) is 0 Å². The van der Waals surface area contributed by atoms with Crippen molar-refractivity contribution in [1.82, 2.24) is 5.32 Å². The average Bonchev–Trinajstić information content (AvgIpc) is 2.36. The van der Waals surface area contributed by atoms with Crippen molar-refractivity contribution in [2.24, 2.45) is 5.92 Å². The van der Waals surface area contributed by atoms with Crippen molar-refractivity contribution >= 4 is 12.4 Å². The smallest absolute Gasteiger partial charge is 0.253 e. The molecule has 2 aliphatic rings. The fourth-order valence-corrected chi connectivity index (χ4v) is 1.08. The van der Waals surface area contributed by atoms with Crippen LogP contribution in [0.25, 0.3) is 0 Å². The minimum absolute atomic E-state index is 0. The molecular weight excluding hydrogens is 188 g/mol. The van der Waals surface area contributed by atoms with Gasteiger partial charge in [-0.2, -0.15) is 0 Å². The van der Waals surface area contributed by atoms with Gasteiger partial charge in [0.15, 0.2) is 0 Å². The molecule has 2 rings (SSSR count). The lowest BCUT2D eigenvalue weighted by Crippen LogP contribution is -2.48. The molecule has 0 radical (unpaired) electrons. The molecule has 2 fully saturated rings. The monoisotopic (exact) mass is 199 g/mol. The SMILES string of the molecule is Cl.FC1(F)CC1COC1CNC1. The zero-order valence-corrected chi connectivity index (χ0v) is 7.37. The fraction of sp³-hybridized carbons (Fsp3) is 1.00. The quantitative estimate of drug-likeness (QED) is 0.734. The van der Waals surface area contributed by atoms with Gasteiger partial charge in [-0.15, -0.1) is 12.4 Å². The summed E-state index contributed by atoms with van der Waals surface area (Å²) >= 11 is 0. The number of hydrogen-bond donors (Lipinski definition) is 1. The minimum atomic E-state index is -2.42. The van der Waals surface area contributed by atoms with Crippen LogP contribution in [-0.4, -0.2) is 31.7 Å². The maximum absolute atomic E-state index is 12.3. The molecule has 0 aromatic heterocycles. The Morgan fingerprint density at radius 1 is 1.42 bits per heavy atom. The molecule has 2 nitrogen and oxygen atoms in total. The molecule has 1 heterocycles. The van der Waals surface area contributed by atoms with Crippen molar-refractivity contribution in [1.29, 1.82) is 0 Å². The van der Waals surface area contributed by atoms with E-state index in [4.69, 9.17) is 4.74 Å². The van der Waals surface area contributed by atoms with E-state index in [1.807, 2.05) is 0 Å². The van der Waals surface area contributed by atoms with Crippen molar-refractivity contribution in [2.45, 2.75) is 18.4 Å². The van der Waals surface area contributed by atoms with Crippen LogP contribution in [-0.2, 0) is 4.74 Å². The second-order valence-electron chi connectivity index (χ2n) is 3.28. The lowest BCUT2D eigenvalue weighted by molar-refractivity contribution is -0.00767. The van der Waals surface area contributed by atoms with E-state index in [0.29, 0.717) is 0 Å². The molecule has 1 saturated carbocycles. The molecule has 5 heteroatoms. The van der Waals surface area contributed by atoms with Crippen molar-refractivity contribution in [2.75, 3.05) is 19.7 Å². The van der Waals surface area contributed by atoms with Crippen LogP contribution in [0.4, 0.5) is 8.78 Å². The first-order chi connectivity index (χ1) is 5.18. The fourth-order valence-electron chi connectivity index (χ4n) is 1.08. The van der Waals surface area contributed by atoms with E-state index in [9.17, 15) is 8.78 Å². The zero-order chi connectivity index (χ0) is 7.90. The second kappa shape index (κ2) is 3.44. The summed E-state index contributed by atoms with van der Waals surface area (Å²) in [5.41, 5.74) is 0. The van der Waals surface area contributed by atoms with Gasteiger partial charge in [-0.3, -0.25) is 0 Å². The predicted molar refractivity (Wildman–Crippen MR) is 42.9 cm³/mol. The van der Waals surface area contributed by atoms with E-state index >= 15 is 0 Å². The summed E-state index contributed by atoms with van der Waals surface area (Å²) < 4.78 is 29.7. The number of alkyl halides is 2. The summed E-state index contributed by atoms with van der Waals surface area (Å²) in [6, 6.07) is 0. The summed E-state index contributed by atoms with van der Waals surface area (Å²) in [6.07, 6.45) is 0.207. The van der Waals surface area contributed by atoms with E-state index in [1.165, 1.54) is 0 Å². The highest BCUT2D eigenvalue weighted by Gasteiger charge is 2.56. The Hall–Kier alpha value is 0.0700. The molecule has 1 unspecified atom stereocenters. The van der Waals surface area contributed by atoms with Gasteiger partial charge in [0.1, 0.15) is 0 Å². The van der Waals surface area contributed by atoms with E-state index in [1.54, 1.807) is 0 Å². The third-order valence-corrected chi connectivity index (χ3v) is 2.23. The molecule has 12 heavy (non-hydrogen) atoms. The van der Waals surface area contributed by atoms with Gasteiger partial charge in [0, 0.05) is 19.5 Å². The molecule has 1 aliphatic heterocycles. The topological polar surface area (TPSA) is 21.3 Å². The number of ether oxygens (including phenoxy) is 1. The van der Waals surface area contributed by atoms with E-state index in [-0.39, 0.29) is 31.5 Å². The standard InChI is InChI=1S/C7H11F2NO.ClH/c8-7(9)1-5(7)4-11-6-2-10-3-6;/h5-6,10H,1-4H2;1H. The minimum Gasteiger partial charge on any atom is -0.375 e. The molecular formula is C7H12ClF2NO. The molecule has 0 aromatic rings. The van der Waals surface area contributed by atoms with Crippen LogP contribution in [0.2, 0.25) is 0 Å². The Bertz CT molecular complexity index is 163. The van der Waals surface area contributed by atoms with E-state index in [0.717, 1.165) is 13.1 Å². The molecule has 0 bridgehead atoms. The Kier molecular flexibility index (Phi) is 2.91. The van der Waals surface area contributed by atoms with Crippen molar-refractivity contribution < 1.29 is 13.5 Å². The summed E-state index contributed by atoms with van der Waals surface area (Å²) in [7, 11) is 0. The van der Waals surface area contributed by atoms with E-state index in [2.05, 4.69) is 5.32 Å². The van der Waals surface area contributed by atoms with Gasteiger partial charge in [0.2, 0.25) is 0 Å². The summed E-state index contributed by atoms with van der Waals surface area (Å²) in [5.74, 6) is -2.92. The molecule has 72 valence electrons. The van der Waals surface area contributed by atoms with Crippen molar-refractivity contribution in [3.8, 4) is 0 Å². The van der Waals surface area contributed by atoms with Gasteiger partial charge in [-0.1, -0.05) is 0 Å². The first kappa shape index (κ1) is 10.2. The largest absolute Gasteiger partial charge is 0.375 e. The lowest BCUT2D eigenvalue weighted by atomic mass is 10.2. The van der Waals surface area contributed by atoms with Crippen LogP contribution in [0.15, 0.2) is 0 Å². The molecule has 0 aromatic carbocycles. The van der Waals surface area contributed by atoms with Crippen LogP contribution < -0.4 is 5.32 Å². The molecule has 1 aliphatic carbocycles. The summed E-state index contributed by atoms with van der Waals surface area (Å²) in [6.45, 7) is 1.87. The van der Waals surface area contributed by atoms with Gasteiger partial charge in [0.25, 0.3) is 5.92 Å². The number of halogens is 3. The van der Waals surface area contributed by atoms with E-state index < -0.39 is 11.8 Å². The Morgan fingerprint density at radius 2 is 2.00 bits per heavy atom. The highest BCUT2D eigenvalue weighted by molar-refractivity contribution is 5.85. The average molecular weight is 200 g/mol. The van der Waals surface area contributed by atoms with Gasteiger partial charge in [0.05, 0.1) is 18.6 Å². The van der Waals surface area contributed by atoms with Crippen LogP contribution in [0.3, 0.4) is 0 Å². The molecule has 1 saturated heterocycles. The lowest BCUT2D eigenvalue weighted by Gasteiger charge is -2.26. The molecule has 0 spiro atoms. The number of nitrogens with one attached hydrogen (secondary N) is 1. The summed E-state index contributed by atoms with van der Waals surface area (Å²) in [4.78, 5) is 0. The maximum atomic E-state index is 12.3. The zero-order valence-electron chi connectivity index (χ0n) is 6.56. The Labute approximate surface area is 76.1 Å². The first-order valence-electron chi connectivity index (χ1n) is 3.88. The van der Waals surface area contributed by atoms with Crippen LogP contribution >= 0.6 is 12.4 Å². The number of hydrogen-bond acceptors (Lipinski definition) is 2. The van der Waals surface area contributed by atoms with Gasteiger partial charge < -0.3 is 10.1 Å². The third-order valence-electron chi connectivity index (χ3n) is 2.23. The second-order valence-corrected chi connectivity index (χ2v) is 3.28. The van der Waals surface area contributed by atoms with Crippen LogP contribution in [0.1, 0.15) is 6.42 Å². The van der Waals surface area contributed by atoms with Gasteiger partial charge >= 0.3 is 0 Å². The Morgan fingerprint density at radius 3 is 2.33 bits per heavy atom. The normalized spacial score (nSPS) is 32.0. The van der Waals surface area contributed by atoms with Crippen molar-refractivity contribution in [3.63, 3.8) is 0 Å². The van der Waals surface area contributed by atoms with Crippen LogP contribution in [0.5, 0.6) is 0 Å². The Balaban J connectivity index is 0.000000720. The molecule has 1 N–H and O–H groups in total. The van der Waals surface area contributed by atoms with Gasteiger partial charge in [-0.05, 0) is 0 Å². The first-order valence-corrected chi connectivity index (χ1v) is 3.88. The highest BCUT2D eigenvalue weighted by Crippen LogP contribution is 2.48. The van der Waals surface area contributed by atoms with Gasteiger partial charge in [-0.25, -0.2) is 8.78 Å². The molecule has 1 atom stereocenters. The van der Waals surface area contributed by atoms with Crippen LogP contribution in [0, 0.1) is 5.92 Å². The summed E-state index contributed by atoms with van der Waals surface area (Å²) in [5, 5.41) is 3.01. The number of rotatable bonds is 3. The third kappa shape index (κ3) is 2.06. The molecule has 0 amide bonds. The maximum Gasteiger partial charge on any atom is 0.253 e. The highest BCUT2D eigenvalue weighted by atomic mass is 35.5. The predicted octanol–water partition coefficient (Wildman–Crippen LogP) is 1.05.